The number of methoxy groups -OCH3 is 1. The van der Waals surface area contributed by atoms with Crippen LogP contribution >= 0.6 is 11.8 Å². The van der Waals surface area contributed by atoms with Crippen LogP contribution in [0.3, 0.4) is 0 Å². The predicted molar refractivity (Wildman–Crippen MR) is 56.6 cm³/mol. The second-order valence-electron chi connectivity index (χ2n) is 2.59. The molecule has 0 spiro atoms. The van der Waals surface area contributed by atoms with Gasteiger partial charge in [-0.25, -0.2) is 9.79 Å². The molecular formula is C10H11NO2S. The molecule has 0 atom stereocenters. The van der Waals surface area contributed by atoms with Crippen LogP contribution in [-0.4, -0.2) is 19.4 Å². The fourth-order valence-electron chi connectivity index (χ4n) is 1.10. The summed E-state index contributed by atoms with van der Waals surface area (Å²) >= 11 is 1.64. The molecule has 0 aliphatic carbocycles. The van der Waals surface area contributed by atoms with Gasteiger partial charge < -0.3 is 4.74 Å². The van der Waals surface area contributed by atoms with Crippen LogP contribution in [0.1, 0.15) is 5.56 Å². The molecule has 0 aromatic heterocycles. The number of rotatable bonds is 4. The number of isocyanates is 1. The number of ether oxygens (including phenoxy) is 1. The Labute approximate surface area is 87.2 Å². The third-order valence-corrected chi connectivity index (χ3v) is 2.53. The minimum Gasteiger partial charge on any atom is -0.496 e. The SMILES string of the molecule is COc1cc(SC)ccc1CN=C=O. The van der Waals surface area contributed by atoms with Crippen LogP contribution in [0.15, 0.2) is 28.1 Å². The van der Waals surface area contributed by atoms with Gasteiger partial charge in [-0.05, 0) is 18.4 Å². The van der Waals surface area contributed by atoms with E-state index in [-0.39, 0.29) is 0 Å². The molecule has 0 bridgehead atoms. The molecule has 0 unspecified atom stereocenters. The number of hydrogen-bond donors (Lipinski definition) is 0. The zero-order chi connectivity index (χ0) is 10.4. The van der Waals surface area contributed by atoms with Gasteiger partial charge >= 0.3 is 0 Å². The lowest BCUT2D eigenvalue weighted by atomic mass is 10.2. The van der Waals surface area contributed by atoms with Crippen molar-refractivity contribution in [1.82, 2.24) is 0 Å². The molecule has 0 radical (unpaired) electrons. The van der Waals surface area contributed by atoms with E-state index < -0.39 is 0 Å². The molecule has 1 aromatic rings. The molecule has 74 valence electrons. The first-order valence-corrected chi connectivity index (χ1v) is 5.29. The van der Waals surface area contributed by atoms with Crippen LogP contribution in [0.5, 0.6) is 5.75 Å². The largest absolute Gasteiger partial charge is 0.496 e. The van der Waals surface area contributed by atoms with Gasteiger partial charge in [-0.15, -0.1) is 11.8 Å². The van der Waals surface area contributed by atoms with Crippen LogP contribution in [0.25, 0.3) is 0 Å². The van der Waals surface area contributed by atoms with Gasteiger partial charge in [-0.2, -0.15) is 0 Å². The smallest absolute Gasteiger partial charge is 0.235 e. The normalized spacial score (nSPS) is 9.29. The van der Waals surface area contributed by atoms with Gasteiger partial charge in [0, 0.05) is 10.5 Å². The van der Waals surface area contributed by atoms with Crippen molar-refractivity contribution in [1.29, 1.82) is 0 Å². The Morgan fingerprint density at radius 2 is 2.36 bits per heavy atom. The molecule has 0 N–H and O–H groups in total. The van der Waals surface area contributed by atoms with Gasteiger partial charge in [0.05, 0.1) is 13.7 Å². The van der Waals surface area contributed by atoms with Crippen molar-refractivity contribution < 1.29 is 9.53 Å². The Morgan fingerprint density at radius 1 is 1.57 bits per heavy atom. The molecule has 3 nitrogen and oxygen atoms in total. The third kappa shape index (κ3) is 2.62. The van der Waals surface area contributed by atoms with E-state index in [1.54, 1.807) is 18.9 Å². The Hall–Kier alpha value is -1.25. The van der Waals surface area contributed by atoms with Crippen LogP contribution < -0.4 is 4.74 Å². The van der Waals surface area contributed by atoms with Crippen molar-refractivity contribution >= 4 is 17.8 Å². The zero-order valence-electron chi connectivity index (χ0n) is 8.11. The highest BCUT2D eigenvalue weighted by Crippen LogP contribution is 2.25. The Bertz CT molecular complexity index is 359. The van der Waals surface area contributed by atoms with Crippen LogP contribution in [0, 0.1) is 0 Å². The van der Waals surface area contributed by atoms with Gasteiger partial charge in [0.2, 0.25) is 6.08 Å². The molecule has 14 heavy (non-hydrogen) atoms. The highest BCUT2D eigenvalue weighted by atomic mass is 32.2. The maximum atomic E-state index is 9.96. The van der Waals surface area contributed by atoms with Crippen molar-refractivity contribution in [3.8, 4) is 5.75 Å². The monoisotopic (exact) mass is 209 g/mol. The highest BCUT2D eigenvalue weighted by molar-refractivity contribution is 7.98. The summed E-state index contributed by atoms with van der Waals surface area (Å²) in [6.45, 7) is 0.321. The van der Waals surface area contributed by atoms with Crippen molar-refractivity contribution in [3.05, 3.63) is 23.8 Å². The maximum Gasteiger partial charge on any atom is 0.235 e. The third-order valence-electron chi connectivity index (χ3n) is 1.81. The topological polar surface area (TPSA) is 38.7 Å². The van der Waals surface area contributed by atoms with E-state index in [9.17, 15) is 4.79 Å². The van der Waals surface area contributed by atoms with Crippen LogP contribution in [-0.2, 0) is 11.3 Å². The van der Waals surface area contributed by atoms with Crippen molar-refractivity contribution in [2.45, 2.75) is 11.4 Å². The lowest BCUT2D eigenvalue weighted by Crippen LogP contribution is -1.91. The average molecular weight is 209 g/mol. The van der Waals surface area contributed by atoms with Crippen molar-refractivity contribution in [2.24, 2.45) is 4.99 Å². The average Bonchev–Trinajstić information content (AvgIpc) is 2.26. The summed E-state index contributed by atoms with van der Waals surface area (Å²) in [7, 11) is 1.60. The van der Waals surface area contributed by atoms with Gasteiger partial charge in [-0.3, -0.25) is 0 Å². The molecule has 1 rings (SSSR count). The summed E-state index contributed by atoms with van der Waals surface area (Å²) < 4.78 is 5.18. The summed E-state index contributed by atoms with van der Waals surface area (Å²) in [5.41, 5.74) is 0.897. The maximum absolute atomic E-state index is 9.96. The van der Waals surface area contributed by atoms with Crippen molar-refractivity contribution in [2.75, 3.05) is 13.4 Å². The number of aliphatic imine (C=N–C) groups is 1. The van der Waals surface area contributed by atoms with E-state index in [2.05, 4.69) is 4.99 Å². The Kier molecular flexibility index (Phi) is 4.23. The summed E-state index contributed by atoms with van der Waals surface area (Å²) in [5.74, 6) is 0.760. The molecular weight excluding hydrogens is 198 g/mol. The summed E-state index contributed by atoms with van der Waals surface area (Å²) in [5, 5.41) is 0. The van der Waals surface area contributed by atoms with Gasteiger partial charge in [0.15, 0.2) is 0 Å². The van der Waals surface area contributed by atoms with E-state index in [1.165, 1.54) is 6.08 Å². The van der Waals surface area contributed by atoms with Crippen molar-refractivity contribution in [3.63, 3.8) is 0 Å². The van der Waals surface area contributed by atoms with Gasteiger partial charge in [-0.1, -0.05) is 6.07 Å². The molecule has 1 aromatic carbocycles. The lowest BCUT2D eigenvalue weighted by Gasteiger charge is -2.06. The molecule has 0 saturated heterocycles. The van der Waals surface area contributed by atoms with E-state index in [0.717, 1.165) is 16.2 Å². The summed E-state index contributed by atoms with van der Waals surface area (Å²) in [6.07, 6.45) is 3.51. The minimum atomic E-state index is 0.321. The van der Waals surface area contributed by atoms with E-state index in [4.69, 9.17) is 4.74 Å². The first kappa shape index (κ1) is 10.8. The van der Waals surface area contributed by atoms with Crippen LogP contribution in [0.2, 0.25) is 0 Å². The van der Waals surface area contributed by atoms with Gasteiger partial charge in [0.1, 0.15) is 5.75 Å². The first-order valence-electron chi connectivity index (χ1n) is 4.06. The number of thioether (sulfide) groups is 1. The van der Waals surface area contributed by atoms with E-state index in [0.29, 0.717) is 6.54 Å². The predicted octanol–water partition coefficient (Wildman–Crippen LogP) is 2.25. The number of hydrogen-bond acceptors (Lipinski definition) is 4. The second-order valence-corrected chi connectivity index (χ2v) is 3.46. The summed E-state index contributed by atoms with van der Waals surface area (Å²) in [4.78, 5) is 14.6. The molecule has 0 fully saturated rings. The fraction of sp³-hybridized carbons (Fsp3) is 0.300. The highest BCUT2D eigenvalue weighted by Gasteiger charge is 2.02. The summed E-state index contributed by atoms with van der Waals surface area (Å²) in [6, 6.07) is 5.81. The minimum absolute atomic E-state index is 0.321. The lowest BCUT2D eigenvalue weighted by molar-refractivity contribution is 0.408. The first-order chi connectivity index (χ1) is 6.81. The molecule has 4 heteroatoms. The van der Waals surface area contributed by atoms with E-state index in [1.807, 2.05) is 24.5 Å². The molecule has 0 aliphatic rings. The number of benzene rings is 1. The number of nitrogens with zero attached hydrogens (tertiary/aromatic N) is 1. The zero-order valence-corrected chi connectivity index (χ0v) is 8.93. The quantitative estimate of drug-likeness (QED) is 0.433. The van der Waals surface area contributed by atoms with Crippen LogP contribution in [0.4, 0.5) is 0 Å². The fourth-order valence-corrected chi connectivity index (χ4v) is 1.53. The molecule has 0 heterocycles. The van der Waals surface area contributed by atoms with E-state index >= 15 is 0 Å². The molecule has 0 amide bonds. The Balaban J connectivity index is 2.98. The van der Waals surface area contributed by atoms with Gasteiger partial charge in [0.25, 0.3) is 0 Å². The second kappa shape index (κ2) is 5.47. The molecule has 0 aliphatic heterocycles. The molecule has 0 saturated carbocycles. The number of carbonyl (C=O) groups excluding carboxylic acids is 1. The Morgan fingerprint density at radius 3 is 2.93 bits per heavy atom. The standard InChI is InChI=1S/C10H11NO2S/c1-13-10-5-9(14-2)4-3-8(10)6-11-7-12/h3-5H,6H2,1-2H3.